The zero-order valence-corrected chi connectivity index (χ0v) is 15.4. The highest BCUT2D eigenvalue weighted by molar-refractivity contribution is 6.30. The first kappa shape index (κ1) is 18.3. The average molecular weight is 346 g/mol. The van der Waals surface area contributed by atoms with E-state index in [-0.39, 0.29) is 11.9 Å². The molecule has 0 radical (unpaired) electrons. The Kier molecular flexibility index (Phi) is 6.27. The molecule has 0 heterocycles. The number of amides is 1. The third-order valence-corrected chi connectivity index (χ3v) is 4.41. The standard InChI is InChI=1S/C20H24ClNO2/c1-5-19(16-7-6-13(2)14(3)12-16)22-20(23)15(4)24-18-10-8-17(21)9-11-18/h6-12,15,19H,5H2,1-4H3,(H,22,23)/t15-,19+/m1/s1. The average Bonchev–Trinajstić information content (AvgIpc) is 2.57. The van der Waals surface area contributed by atoms with E-state index in [1.54, 1.807) is 31.2 Å². The molecular weight excluding hydrogens is 322 g/mol. The third kappa shape index (κ3) is 4.75. The largest absolute Gasteiger partial charge is 0.481 e. The summed E-state index contributed by atoms with van der Waals surface area (Å²) in [5.41, 5.74) is 3.60. The number of benzene rings is 2. The number of aryl methyl sites for hydroxylation is 2. The van der Waals surface area contributed by atoms with Gasteiger partial charge in [0.1, 0.15) is 5.75 Å². The molecule has 0 unspecified atom stereocenters. The van der Waals surface area contributed by atoms with Crippen LogP contribution in [0.4, 0.5) is 0 Å². The number of carbonyl (C=O) groups excluding carboxylic acids is 1. The van der Waals surface area contributed by atoms with E-state index in [4.69, 9.17) is 16.3 Å². The molecule has 0 bridgehead atoms. The fourth-order valence-corrected chi connectivity index (χ4v) is 2.59. The normalized spacial score (nSPS) is 13.2. The highest BCUT2D eigenvalue weighted by atomic mass is 35.5. The van der Waals surface area contributed by atoms with Crippen molar-refractivity contribution in [1.82, 2.24) is 5.32 Å². The number of hydrogen-bond acceptors (Lipinski definition) is 2. The van der Waals surface area contributed by atoms with Crippen LogP contribution in [0.25, 0.3) is 0 Å². The first-order chi connectivity index (χ1) is 11.4. The molecule has 2 aromatic carbocycles. The summed E-state index contributed by atoms with van der Waals surface area (Å²) in [6, 6.07) is 13.3. The van der Waals surface area contributed by atoms with Crippen LogP contribution < -0.4 is 10.1 Å². The molecule has 2 aromatic rings. The molecule has 1 amide bonds. The zero-order valence-electron chi connectivity index (χ0n) is 14.6. The molecule has 2 atom stereocenters. The Morgan fingerprint density at radius 1 is 1.12 bits per heavy atom. The van der Waals surface area contributed by atoms with Crippen molar-refractivity contribution in [2.75, 3.05) is 0 Å². The van der Waals surface area contributed by atoms with Crippen molar-refractivity contribution in [2.24, 2.45) is 0 Å². The smallest absolute Gasteiger partial charge is 0.261 e. The molecule has 0 aromatic heterocycles. The summed E-state index contributed by atoms with van der Waals surface area (Å²) in [5.74, 6) is 0.497. The first-order valence-electron chi connectivity index (χ1n) is 8.20. The molecule has 0 spiro atoms. The molecule has 0 aliphatic carbocycles. The zero-order chi connectivity index (χ0) is 17.7. The van der Waals surface area contributed by atoms with Crippen LogP contribution in [0.15, 0.2) is 42.5 Å². The van der Waals surface area contributed by atoms with E-state index in [0.29, 0.717) is 10.8 Å². The van der Waals surface area contributed by atoms with E-state index < -0.39 is 6.10 Å². The molecule has 0 saturated carbocycles. The quantitative estimate of drug-likeness (QED) is 0.800. The summed E-state index contributed by atoms with van der Waals surface area (Å²) in [6.45, 7) is 7.97. The summed E-state index contributed by atoms with van der Waals surface area (Å²) in [5, 5.41) is 3.71. The molecular formula is C20H24ClNO2. The van der Waals surface area contributed by atoms with E-state index in [1.165, 1.54) is 11.1 Å². The molecule has 1 N–H and O–H groups in total. The molecule has 0 fully saturated rings. The summed E-state index contributed by atoms with van der Waals surface area (Å²) in [7, 11) is 0. The van der Waals surface area contributed by atoms with Crippen LogP contribution in [-0.2, 0) is 4.79 Å². The van der Waals surface area contributed by atoms with Gasteiger partial charge in [0.05, 0.1) is 6.04 Å². The Morgan fingerprint density at radius 3 is 2.38 bits per heavy atom. The van der Waals surface area contributed by atoms with Gasteiger partial charge in [0.15, 0.2) is 6.10 Å². The van der Waals surface area contributed by atoms with Crippen molar-refractivity contribution in [3.63, 3.8) is 0 Å². The summed E-state index contributed by atoms with van der Waals surface area (Å²) in [4.78, 5) is 12.4. The van der Waals surface area contributed by atoms with Crippen molar-refractivity contribution in [3.05, 3.63) is 64.2 Å². The van der Waals surface area contributed by atoms with Gasteiger partial charge < -0.3 is 10.1 Å². The van der Waals surface area contributed by atoms with Crippen LogP contribution >= 0.6 is 11.6 Å². The van der Waals surface area contributed by atoms with E-state index in [0.717, 1.165) is 12.0 Å². The Labute approximate surface area is 149 Å². The molecule has 2 rings (SSSR count). The number of halogens is 1. The second-order valence-corrected chi connectivity index (χ2v) is 6.46. The number of nitrogens with one attached hydrogen (secondary N) is 1. The maximum absolute atomic E-state index is 12.4. The van der Waals surface area contributed by atoms with E-state index in [9.17, 15) is 4.79 Å². The lowest BCUT2D eigenvalue weighted by molar-refractivity contribution is -0.128. The van der Waals surface area contributed by atoms with Gasteiger partial charge in [-0.1, -0.05) is 36.7 Å². The predicted molar refractivity (Wildman–Crippen MR) is 98.6 cm³/mol. The number of ether oxygens (including phenoxy) is 1. The lowest BCUT2D eigenvalue weighted by Gasteiger charge is -2.21. The number of carbonyl (C=O) groups is 1. The van der Waals surface area contributed by atoms with Crippen LogP contribution in [0, 0.1) is 13.8 Å². The van der Waals surface area contributed by atoms with Crippen LogP contribution in [0.2, 0.25) is 5.02 Å². The van der Waals surface area contributed by atoms with Crippen LogP contribution in [0.1, 0.15) is 43.0 Å². The molecule has 24 heavy (non-hydrogen) atoms. The summed E-state index contributed by atoms with van der Waals surface area (Å²) >= 11 is 5.86. The molecule has 128 valence electrons. The maximum atomic E-state index is 12.4. The number of rotatable bonds is 6. The van der Waals surface area contributed by atoms with E-state index in [1.807, 2.05) is 0 Å². The lowest BCUT2D eigenvalue weighted by atomic mass is 9.99. The first-order valence-corrected chi connectivity index (χ1v) is 8.58. The van der Waals surface area contributed by atoms with Crippen molar-refractivity contribution in [1.29, 1.82) is 0 Å². The van der Waals surface area contributed by atoms with E-state index >= 15 is 0 Å². The van der Waals surface area contributed by atoms with Crippen LogP contribution in [-0.4, -0.2) is 12.0 Å². The Hall–Kier alpha value is -2.00. The lowest BCUT2D eigenvalue weighted by Crippen LogP contribution is -2.38. The van der Waals surface area contributed by atoms with Gasteiger partial charge in [0.25, 0.3) is 5.91 Å². The third-order valence-electron chi connectivity index (χ3n) is 4.15. The summed E-state index contributed by atoms with van der Waals surface area (Å²) < 4.78 is 5.68. The monoisotopic (exact) mass is 345 g/mol. The Balaban J connectivity index is 2.02. The molecule has 0 aliphatic heterocycles. The minimum atomic E-state index is -0.577. The summed E-state index contributed by atoms with van der Waals surface area (Å²) in [6.07, 6.45) is 0.244. The SMILES string of the molecule is CC[C@H](NC(=O)[C@@H](C)Oc1ccc(Cl)cc1)c1ccc(C)c(C)c1. The topological polar surface area (TPSA) is 38.3 Å². The minimum Gasteiger partial charge on any atom is -0.481 e. The van der Waals surface area contributed by atoms with Crippen molar-refractivity contribution >= 4 is 17.5 Å². The Bertz CT molecular complexity index is 697. The van der Waals surface area contributed by atoms with Gasteiger partial charge >= 0.3 is 0 Å². The Morgan fingerprint density at radius 2 is 1.79 bits per heavy atom. The van der Waals surface area contributed by atoms with Crippen LogP contribution in [0.5, 0.6) is 5.75 Å². The molecule has 0 saturated heterocycles. The van der Waals surface area contributed by atoms with Crippen molar-refractivity contribution in [2.45, 2.75) is 46.3 Å². The van der Waals surface area contributed by atoms with Crippen LogP contribution in [0.3, 0.4) is 0 Å². The van der Waals surface area contributed by atoms with Gasteiger partial charge in [0, 0.05) is 5.02 Å². The van der Waals surface area contributed by atoms with Crippen molar-refractivity contribution in [3.8, 4) is 5.75 Å². The number of hydrogen-bond donors (Lipinski definition) is 1. The highest BCUT2D eigenvalue weighted by Crippen LogP contribution is 2.21. The maximum Gasteiger partial charge on any atom is 0.261 e. The second kappa shape index (κ2) is 8.20. The van der Waals surface area contributed by atoms with Gasteiger partial charge in [-0.3, -0.25) is 4.79 Å². The molecule has 3 nitrogen and oxygen atoms in total. The molecule has 4 heteroatoms. The minimum absolute atomic E-state index is 0.0203. The second-order valence-electron chi connectivity index (χ2n) is 6.03. The van der Waals surface area contributed by atoms with Gasteiger partial charge in [-0.05, 0) is 68.1 Å². The van der Waals surface area contributed by atoms with Gasteiger partial charge in [0.2, 0.25) is 0 Å². The fraction of sp³-hybridized carbons (Fsp3) is 0.350. The highest BCUT2D eigenvalue weighted by Gasteiger charge is 2.19. The molecule has 0 aliphatic rings. The van der Waals surface area contributed by atoms with Gasteiger partial charge in [-0.15, -0.1) is 0 Å². The van der Waals surface area contributed by atoms with Gasteiger partial charge in [-0.25, -0.2) is 0 Å². The predicted octanol–water partition coefficient (Wildman–Crippen LogP) is 4.99. The van der Waals surface area contributed by atoms with Crippen molar-refractivity contribution < 1.29 is 9.53 Å². The fourth-order valence-electron chi connectivity index (χ4n) is 2.46. The van der Waals surface area contributed by atoms with Gasteiger partial charge in [-0.2, -0.15) is 0 Å². The van der Waals surface area contributed by atoms with E-state index in [2.05, 4.69) is 44.3 Å².